The fourth-order valence-electron chi connectivity index (χ4n) is 2.61. The summed E-state index contributed by atoms with van der Waals surface area (Å²) in [5.74, 6) is -1.22. The number of aliphatic carboxylic acids is 1. The highest BCUT2D eigenvalue weighted by Crippen LogP contribution is 2.19. The summed E-state index contributed by atoms with van der Waals surface area (Å²) in [6.45, 7) is 3.93. The Morgan fingerprint density at radius 2 is 2.00 bits per heavy atom. The molecule has 1 amide bonds. The van der Waals surface area contributed by atoms with Gasteiger partial charge in [0.05, 0.1) is 6.04 Å². The molecular formula is C17H23N3O3. The maximum absolute atomic E-state index is 12.1. The normalized spacial score (nSPS) is 13.9. The molecule has 0 bridgehead atoms. The lowest BCUT2D eigenvalue weighted by atomic mass is 10.0. The Morgan fingerprint density at radius 3 is 2.65 bits per heavy atom. The van der Waals surface area contributed by atoms with Gasteiger partial charge in [-0.2, -0.15) is 0 Å². The Hall–Kier alpha value is -2.34. The van der Waals surface area contributed by atoms with Gasteiger partial charge in [-0.15, -0.1) is 0 Å². The van der Waals surface area contributed by atoms with Crippen molar-refractivity contribution in [1.29, 1.82) is 0 Å². The zero-order valence-electron chi connectivity index (χ0n) is 13.4. The monoisotopic (exact) mass is 317 g/mol. The number of fused-ring (bicyclic) bond motifs is 1. The fourth-order valence-corrected chi connectivity index (χ4v) is 2.61. The third-order valence-corrected chi connectivity index (χ3v) is 3.78. The van der Waals surface area contributed by atoms with Gasteiger partial charge in [0.1, 0.15) is 6.04 Å². The van der Waals surface area contributed by atoms with Crippen LogP contribution in [0.4, 0.5) is 0 Å². The SMILES string of the molecule is CC(C)C[C@@H](N)C(=O)N[C@@H](Cc1c[nH]c2ccccc12)C(=O)O. The molecule has 6 heteroatoms. The molecule has 0 saturated heterocycles. The number of aromatic amines is 1. The van der Waals surface area contributed by atoms with E-state index in [2.05, 4.69) is 10.3 Å². The first-order valence-corrected chi connectivity index (χ1v) is 7.72. The number of nitrogens with two attached hydrogens (primary N) is 1. The van der Waals surface area contributed by atoms with Crippen molar-refractivity contribution in [1.82, 2.24) is 10.3 Å². The molecule has 0 unspecified atom stereocenters. The number of para-hydroxylation sites is 1. The van der Waals surface area contributed by atoms with Crippen LogP contribution in [0.1, 0.15) is 25.8 Å². The van der Waals surface area contributed by atoms with Crippen LogP contribution >= 0.6 is 0 Å². The van der Waals surface area contributed by atoms with Crippen LogP contribution in [-0.2, 0) is 16.0 Å². The molecule has 124 valence electrons. The van der Waals surface area contributed by atoms with Crippen LogP contribution in [0.25, 0.3) is 10.9 Å². The molecule has 0 saturated carbocycles. The predicted octanol–water partition coefficient (Wildman–Crippen LogP) is 1.65. The van der Waals surface area contributed by atoms with Gasteiger partial charge in [-0.25, -0.2) is 4.79 Å². The van der Waals surface area contributed by atoms with Gasteiger partial charge in [0.25, 0.3) is 0 Å². The van der Waals surface area contributed by atoms with Crippen molar-refractivity contribution >= 4 is 22.8 Å². The van der Waals surface area contributed by atoms with Crippen molar-refractivity contribution in [3.63, 3.8) is 0 Å². The molecule has 2 rings (SSSR count). The van der Waals surface area contributed by atoms with Crippen molar-refractivity contribution < 1.29 is 14.7 Å². The van der Waals surface area contributed by atoms with E-state index >= 15 is 0 Å². The molecule has 1 aromatic heterocycles. The van der Waals surface area contributed by atoms with Crippen LogP contribution in [0.3, 0.4) is 0 Å². The number of benzene rings is 1. The summed E-state index contributed by atoms with van der Waals surface area (Å²) in [5.41, 5.74) is 7.61. The van der Waals surface area contributed by atoms with Crippen molar-refractivity contribution in [3.05, 3.63) is 36.0 Å². The van der Waals surface area contributed by atoms with Crippen molar-refractivity contribution in [2.75, 3.05) is 0 Å². The first kappa shape index (κ1) is 17.0. The lowest BCUT2D eigenvalue weighted by Gasteiger charge is -2.18. The first-order chi connectivity index (χ1) is 10.9. The third kappa shape index (κ3) is 4.32. The summed E-state index contributed by atoms with van der Waals surface area (Å²) >= 11 is 0. The summed E-state index contributed by atoms with van der Waals surface area (Å²) in [4.78, 5) is 26.7. The number of carbonyl (C=O) groups excluding carboxylic acids is 1. The second kappa shape index (κ2) is 7.28. The van der Waals surface area contributed by atoms with E-state index in [0.717, 1.165) is 16.5 Å². The zero-order valence-corrected chi connectivity index (χ0v) is 13.4. The van der Waals surface area contributed by atoms with Gasteiger partial charge < -0.3 is 21.1 Å². The quantitative estimate of drug-likeness (QED) is 0.622. The van der Waals surface area contributed by atoms with Crippen molar-refractivity contribution in [3.8, 4) is 0 Å². The minimum Gasteiger partial charge on any atom is -0.480 e. The molecule has 23 heavy (non-hydrogen) atoms. The fraction of sp³-hybridized carbons (Fsp3) is 0.412. The number of hydrogen-bond acceptors (Lipinski definition) is 3. The number of aromatic nitrogens is 1. The van der Waals surface area contributed by atoms with E-state index < -0.39 is 24.0 Å². The minimum atomic E-state index is -1.07. The van der Waals surface area contributed by atoms with Crippen molar-refractivity contribution in [2.24, 2.45) is 11.7 Å². The van der Waals surface area contributed by atoms with E-state index in [4.69, 9.17) is 5.73 Å². The molecular weight excluding hydrogens is 294 g/mol. The van der Waals surface area contributed by atoms with Crippen LogP contribution in [0.2, 0.25) is 0 Å². The predicted molar refractivity (Wildman–Crippen MR) is 89.0 cm³/mol. The number of carboxylic acid groups (broad SMARTS) is 1. The van der Waals surface area contributed by atoms with Gasteiger partial charge in [-0.1, -0.05) is 32.0 Å². The largest absolute Gasteiger partial charge is 0.480 e. The molecule has 2 aromatic rings. The molecule has 6 nitrogen and oxygen atoms in total. The number of amides is 1. The molecule has 5 N–H and O–H groups in total. The Kier molecular flexibility index (Phi) is 5.39. The third-order valence-electron chi connectivity index (χ3n) is 3.78. The summed E-state index contributed by atoms with van der Waals surface area (Å²) in [6, 6.07) is 5.95. The highest BCUT2D eigenvalue weighted by molar-refractivity contribution is 5.88. The maximum atomic E-state index is 12.1. The van der Waals surface area contributed by atoms with Gasteiger partial charge in [-0.3, -0.25) is 4.79 Å². The summed E-state index contributed by atoms with van der Waals surface area (Å²) in [6.07, 6.45) is 2.51. The number of carboxylic acids is 1. The van der Waals surface area contributed by atoms with Crippen LogP contribution in [0, 0.1) is 5.92 Å². The Bertz CT molecular complexity index is 693. The van der Waals surface area contributed by atoms with Gasteiger partial charge in [0.2, 0.25) is 5.91 Å². The summed E-state index contributed by atoms with van der Waals surface area (Å²) in [5, 5.41) is 12.9. The molecule has 1 aromatic carbocycles. The standard InChI is InChI=1S/C17H23N3O3/c1-10(2)7-13(18)16(21)20-15(17(22)23)8-11-9-19-14-6-4-3-5-12(11)14/h3-6,9-10,13,15,19H,7-8,18H2,1-2H3,(H,20,21)(H,22,23)/t13-,15+/m1/s1. The molecule has 1 heterocycles. The lowest BCUT2D eigenvalue weighted by molar-refractivity contribution is -0.142. The van der Waals surface area contributed by atoms with Gasteiger partial charge in [0, 0.05) is 23.5 Å². The number of carbonyl (C=O) groups is 2. The Balaban J connectivity index is 2.10. The second-order valence-corrected chi connectivity index (χ2v) is 6.20. The lowest BCUT2D eigenvalue weighted by Crippen LogP contribution is -2.49. The smallest absolute Gasteiger partial charge is 0.326 e. The van der Waals surface area contributed by atoms with E-state index in [1.165, 1.54) is 0 Å². The highest BCUT2D eigenvalue weighted by atomic mass is 16.4. The average Bonchev–Trinajstić information content (AvgIpc) is 2.89. The Labute approximate surface area is 135 Å². The van der Waals surface area contributed by atoms with Crippen LogP contribution in [0.15, 0.2) is 30.5 Å². The highest BCUT2D eigenvalue weighted by Gasteiger charge is 2.24. The van der Waals surface area contributed by atoms with Gasteiger partial charge in [-0.05, 0) is 24.0 Å². The van der Waals surface area contributed by atoms with E-state index in [1.807, 2.05) is 38.1 Å². The average molecular weight is 317 g/mol. The molecule has 0 radical (unpaired) electrons. The molecule has 0 fully saturated rings. The zero-order chi connectivity index (χ0) is 17.0. The van der Waals surface area contributed by atoms with E-state index in [1.54, 1.807) is 6.20 Å². The van der Waals surface area contributed by atoms with E-state index in [0.29, 0.717) is 6.42 Å². The van der Waals surface area contributed by atoms with Crippen LogP contribution in [0.5, 0.6) is 0 Å². The summed E-state index contributed by atoms with van der Waals surface area (Å²) < 4.78 is 0. The molecule has 0 spiro atoms. The molecule has 0 aliphatic heterocycles. The van der Waals surface area contributed by atoms with Crippen LogP contribution < -0.4 is 11.1 Å². The van der Waals surface area contributed by atoms with Crippen LogP contribution in [-0.4, -0.2) is 34.1 Å². The topological polar surface area (TPSA) is 108 Å². The van der Waals surface area contributed by atoms with E-state index in [-0.39, 0.29) is 12.3 Å². The number of H-pyrrole nitrogens is 1. The van der Waals surface area contributed by atoms with Gasteiger partial charge in [0.15, 0.2) is 0 Å². The number of nitrogens with one attached hydrogen (secondary N) is 2. The van der Waals surface area contributed by atoms with E-state index in [9.17, 15) is 14.7 Å². The number of rotatable bonds is 7. The van der Waals surface area contributed by atoms with Gasteiger partial charge >= 0.3 is 5.97 Å². The molecule has 0 aliphatic carbocycles. The Morgan fingerprint density at radius 1 is 1.30 bits per heavy atom. The minimum absolute atomic E-state index is 0.208. The van der Waals surface area contributed by atoms with Crippen molar-refractivity contribution in [2.45, 2.75) is 38.8 Å². The number of hydrogen-bond donors (Lipinski definition) is 4. The molecule has 2 atom stereocenters. The maximum Gasteiger partial charge on any atom is 0.326 e. The second-order valence-electron chi connectivity index (χ2n) is 6.20. The first-order valence-electron chi connectivity index (χ1n) is 7.72. The molecule has 0 aliphatic rings. The summed E-state index contributed by atoms with van der Waals surface area (Å²) in [7, 11) is 0.